The first-order valence-corrected chi connectivity index (χ1v) is 7.00. The van der Waals surface area contributed by atoms with Crippen LogP contribution in [0.25, 0.3) is 0 Å². The van der Waals surface area contributed by atoms with Crippen LogP contribution in [-0.2, 0) is 9.59 Å². The number of nitrogens with zero attached hydrogens (tertiary/aromatic N) is 1. The third kappa shape index (κ3) is 4.89. The summed E-state index contributed by atoms with van der Waals surface area (Å²) >= 11 is 0. The van der Waals surface area contributed by atoms with Crippen molar-refractivity contribution in [3.8, 4) is 0 Å². The Kier molecular flexibility index (Phi) is 5.95. The van der Waals surface area contributed by atoms with E-state index in [-0.39, 0.29) is 5.54 Å². The zero-order valence-electron chi connectivity index (χ0n) is 12.5. The number of aliphatic carboxylic acids is 1. The lowest BCUT2D eigenvalue weighted by atomic mass is 9.96. The topological polar surface area (TPSA) is 125 Å². The Morgan fingerprint density at radius 2 is 1.86 bits per heavy atom. The number of nitrogens with one attached hydrogen (secondary N) is 2. The summed E-state index contributed by atoms with van der Waals surface area (Å²) in [7, 11) is 3.94. The van der Waals surface area contributed by atoms with Crippen LogP contribution in [-0.4, -0.2) is 60.1 Å². The standard InChI is InChI=1S/C13H24N4O4/c1-17(2)13(5-3-4-6-13)8-15-12(21)16-9(11(19)20)7-10(14)18/h9H,3-8H2,1-2H3,(H2,14,18)(H,19,20)(H2,15,16,21)/t9-/m1/s1. The summed E-state index contributed by atoms with van der Waals surface area (Å²) in [5.74, 6) is -2.06. The molecule has 0 aromatic heterocycles. The van der Waals surface area contributed by atoms with Gasteiger partial charge in [0.15, 0.2) is 0 Å². The summed E-state index contributed by atoms with van der Waals surface area (Å²) in [6, 6.07) is -1.90. The molecule has 8 nitrogen and oxygen atoms in total. The number of hydrogen-bond donors (Lipinski definition) is 4. The highest BCUT2D eigenvalue weighted by Crippen LogP contribution is 2.32. The molecule has 1 rings (SSSR count). The maximum absolute atomic E-state index is 11.8. The third-order valence-electron chi connectivity index (χ3n) is 4.07. The van der Waals surface area contributed by atoms with E-state index in [2.05, 4.69) is 15.5 Å². The van der Waals surface area contributed by atoms with Gasteiger partial charge in [-0.1, -0.05) is 12.8 Å². The van der Waals surface area contributed by atoms with Crippen molar-refractivity contribution in [3.63, 3.8) is 0 Å². The van der Waals surface area contributed by atoms with Gasteiger partial charge in [-0.2, -0.15) is 0 Å². The highest BCUT2D eigenvalue weighted by atomic mass is 16.4. The van der Waals surface area contributed by atoms with Gasteiger partial charge < -0.3 is 26.4 Å². The van der Waals surface area contributed by atoms with E-state index in [1.165, 1.54) is 0 Å². The van der Waals surface area contributed by atoms with Crippen LogP contribution in [0, 0.1) is 0 Å². The predicted octanol–water partition coefficient (Wildman–Crippen LogP) is -0.511. The van der Waals surface area contributed by atoms with E-state index >= 15 is 0 Å². The molecule has 8 heteroatoms. The molecule has 0 aromatic carbocycles. The molecule has 0 spiro atoms. The third-order valence-corrected chi connectivity index (χ3v) is 4.07. The Balaban J connectivity index is 2.52. The maximum Gasteiger partial charge on any atom is 0.326 e. The van der Waals surface area contributed by atoms with E-state index < -0.39 is 30.4 Å². The van der Waals surface area contributed by atoms with Crippen molar-refractivity contribution in [1.82, 2.24) is 15.5 Å². The average Bonchev–Trinajstić information content (AvgIpc) is 2.85. The summed E-state index contributed by atoms with van der Waals surface area (Å²) < 4.78 is 0. The van der Waals surface area contributed by atoms with Crippen molar-refractivity contribution in [3.05, 3.63) is 0 Å². The molecular formula is C13H24N4O4. The largest absolute Gasteiger partial charge is 0.480 e. The van der Waals surface area contributed by atoms with Crippen LogP contribution in [0.1, 0.15) is 32.1 Å². The van der Waals surface area contributed by atoms with Gasteiger partial charge in [-0.3, -0.25) is 4.79 Å². The van der Waals surface area contributed by atoms with Gasteiger partial charge in [-0.25, -0.2) is 9.59 Å². The highest BCUT2D eigenvalue weighted by molar-refractivity contribution is 5.87. The second-order valence-corrected chi connectivity index (χ2v) is 5.71. The van der Waals surface area contributed by atoms with Crippen LogP contribution < -0.4 is 16.4 Å². The van der Waals surface area contributed by atoms with Gasteiger partial charge in [0, 0.05) is 12.1 Å². The van der Waals surface area contributed by atoms with Crippen molar-refractivity contribution in [2.24, 2.45) is 5.73 Å². The minimum atomic E-state index is -1.30. The van der Waals surface area contributed by atoms with Crippen LogP contribution in [0.3, 0.4) is 0 Å². The molecule has 0 radical (unpaired) electrons. The molecule has 1 fully saturated rings. The number of urea groups is 1. The van der Waals surface area contributed by atoms with Crippen molar-refractivity contribution in [1.29, 1.82) is 0 Å². The van der Waals surface area contributed by atoms with E-state index in [1.54, 1.807) is 0 Å². The number of carbonyl (C=O) groups is 3. The quantitative estimate of drug-likeness (QED) is 0.504. The molecule has 0 heterocycles. The number of carboxylic acids is 1. The second-order valence-electron chi connectivity index (χ2n) is 5.71. The molecule has 1 aliphatic carbocycles. The van der Waals surface area contributed by atoms with Gasteiger partial charge in [-0.15, -0.1) is 0 Å². The predicted molar refractivity (Wildman–Crippen MR) is 76.7 cm³/mol. The highest BCUT2D eigenvalue weighted by Gasteiger charge is 2.36. The van der Waals surface area contributed by atoms with Crippen LogP contribution >= 0.6 is 0 Å². The van der Waals surface area contributed by atoms with E-state index in [0.29, 0.717) is 6.54 Å². The average molecular weight is 300 g/mol. The maximum atomic E-state index is 11.8. The number of carbonyl (C=O) groups excluding carboxylic acids is 2. The first-order valence-electron chi connectivity index (χ1n) is 7.00. The normalized spacial score (nSPS) is 18.2. The first-order chi connectivity index (χ1) is 9.77. The molecule has 120 valence electrons. The summed E-state index contributed by atoms with van der Waals surface area (Å²) in [5.41, 5.74) is 4.88. The Labute approximate surface area is 124 Å². The van der Waals surface area contributed by atoms with Crippen LogP contribution in [0.15, 0.2) is 0 Å². The van der Waals surface area contributed by atoms with Gasteiger partial charge in [0.05, 0.1) is 6.42 Å². The Bertz CT molecular complexity index is 405. The van der Waals surface area contributed by atoms with Gasteiger partial charge in [0.2, 0.25) is 5.91 Å². The molecule has 0 aliphatic heterocycles. The van der Waals surface area contributed by atoms with Crippen LogP contribution in [0.5, 0.6) is 0 Å². The monoisotopic (exact) mass is 300 g/mol. The van der Waals surface area contributed by atoms with E-state index in [9.17, 15) is 14.4 Å². The summed E-state index contributed by atoms with van der Waals surface area (Å²) in [4.78, 5) is 35.6. The first kappa shape index (κ1) is 17.2. The molecule has 0 aromatic rings. The Morgan fingerprint density at radius 3 is 2.29 bits per heavy atom. The van der Waals surface area contributed by atoms with Crippen molar-refractivity contribution < 1.29 is 19.5 Å². The molecule has 0 unspecified atom stereocenters. The molecule has 5 N–H and O–H groups in total. The number of amides is 3. The zero-order valence-corrected chi connectivity index (χ0v) is 12.5. The SMILES string of the molecule is CN(C)C1(CNC(=O)N[C@H](CC(N)=O)C(=O)O)CCCC1. The smallest absolute Gasteiger partial charge is 0.326 e. The molecule has 1 aliphatic rings. The van der Waals surface area contributed by atoms with Crippen molar-refractivity contribution >= 4 is 17.9 Å². The summed E-state index contributed by atoms with van der Waals surface area (Å²) in [6.07, 6.45) is 3.78. The van der Waals surface area contributed by atoms with E-state index in [0.717, 1.165) is 25.7 Å². The molecule has 1 atom stereocenters. The number of nitrogens with two attached hydrogens (primary N) is 1. The van der Waals surface area contributed by atoms with Gasteiger partial charge in [-0.05, 0) is 26.9 Å². The van der Waals surface area contributed by atoms with Gasteiger partial charge >= 0.3 is 12.0 Å². The number of likely N-dealkylation sites (N-methyl/N-ethyl adjacent to an activating group) is 1. The van der Waals surface area contributed by atoms with E-state index in [1.807, 2.05) is 14.1 Å². The Hall–Kier alpha value is -1.83. The Morgan fingerprint density at radius 1 is 1.29 bits per heavy atom. The molecule has 0 bridgehead atoms. The lowest BCUT2D eigenvalue weighted by Gasteiger charge is -2.36. The molecule has 1 saturated carbocycles. The second kappa shape index (κ2) is 7.26. The number of hydrogen-bond acceptors (Lipinski definition) is 4. The molecule has 0 saturated heterocycles. The number of rotatable bonds is 7. The van der Waals surface area contributed by atoms with Gasteiger partial charge in [0.1, 0.15) is 6.04 Å². The summed E-state index contributed by atoms with van der Waals surface area (Å²) in [6.45, 7) is 0.439. The summed E-state index contributed by atoms with van der Waals surface area (Å²) in [5, 5.41) is 13.9. The van der Waals surface area contributed by atoms with Crippen molar-refractivity contribution in [2.45, 2.75) is 43.7 Å². The molecular weight excluding hydrogens is 276 g/mol. The van der Waals surface area contributed by atoms with Crippen molar-refractivity contribution in [2.75, 3.05) is 20.6 Å². The fourth-order valence-corrected chi connectivity index (χ4v) is 2.67. The zero-order chi connectivity index (χ0) is 16.0. The van der Waals surface area contributed by atoms with E-state index in [4.69, 9.17) is 10.8 Å². The molecule has 3 amide bonds. The number of primary amides is 1. The van der Waals surface area contributed by atoms with Crippen LogP contribution in [0.2, 0.25) is 0 Å². The lowest BCUT2D eigenvalue weighted by Crippen LogP contribution is -2.54. The van der Waals surface area contributed by atoms with Crippen LogP contribution in [0.4, 0.5) is 4.79 Å². The fraction of sp³-hybridized carbons (Fsp3) is 0.769. The van der Waals surface area contributed by atoms with Gasteiger partial charge in [0.25, 0.3) is 0 Å². The minimum absolute atomic E-state index is 0.0836. The fourth-order valence-electron chi connectivity index (χ4n) is 2.67. The molecule has 21 heavy (non-hydrogen) atoms. The lowest BCUT2D eigenvalue weighted by molar-refractivity contribution is -0.140. The minimum Gasteiger partial charge on any atom is -0.480 e. The number of carboxylic acid groups (broad SMARTS) is 1.